The van der Waals surface area contributed by atoms with E-state index >= 15 is 0 Å². The van der Waals surface area contributed by atoms with Crippen LogP contribution in [0.5, 0.6) is 5.75 Å². The summed E-state index contributed by atoms with van der Waals surface area (Å²) < 4.78 is 40.2. The van der Waals surface area contributed by atoms with Crippen LogP contribution >= 0.6 is 24.0 Å². The zero-order chi connectivity index (χ0) is 19.2. The lowest BCUT2D eigenvalue weighted by atomic mass is 9.92. The number of ether oxygens (including phenoxy) is 1. The summed E-state index contributed by atoms with van der Waals surface area (Å²) in [7, 11) is 0. The molecule has 1 aromatic rings. The average molecular weight is 500 g/mol. The largest absolute Gasteiger partial charge is 0.573 e. The van der Waals surface area contributed by atoms with E-state index in [9.17, 15) is 13.2 Å². The molecular weight excluding hydrogens is 472 g/mol. The molecule has 0 amide bonds. The third-order valence-electron chi connectivity index (χ3n) is 4.22. The number of nitrogens with zero attached hydrogens (tertiary/aromatic N) is 2. The number of hydrogen-bond acceptors (Lipinski definition) is 3. The minimum atomic E-state index is -4.70. The molecule has 1 saturated heterocycles. The molecule has 0 bridgehead atoms. The fraction of sp³-hybridized carbons (Fsp3) is 0.611. The van der Waals surface area contributed by atoms with Crippen molar-refractivity contribution in [2.45, 2.75) is 33.1 Å². The number of alkyl halides is 3. The SMILES string of the molecule is CC1CC(C)CN(CCCN=C(N)Nc2ccc(OC(F)(F)F)cc2)C1.I. The second-order valence-electron chi connectivity index (χ2n) is 7.02. The average Bonchev–Trinajstić information content (AvgIpc) is 2.51. The molecule has 1 aliphatic rings. The Morgan fingerprint density at radius 1 is 1.22 bits per heavy atom. The monoisotopic (exact) mass is 500 g/mol. The first-order chi connectivity index (χ1) is 12.2. The molecular formula is C18H28F3IN4O. The zero-order valence-corrected chi connectivity index (χ0v) is 18.0. The first-order valence-corrected chi connectivity index (χ1v) is 8.86. The van der Waals surface area contributed by atoms with Crippen molar-refractivity contribution in [3.05, 3.63) is 24.3 Å². The third kappa shape index (κ3) is 9.50. The van der Waals surface area contributed by atoms with Crippen molar-refractivity contribution in [1.29, 1.82) is 0 Å². The number of halogens is 4. The number of benzene rings is 1. The number of piperidine rings is 1. The highest BCUT2D eigenvalue weighted by Crippen LogP contribution is 2.24. The molecule has 0 aliphatic carbocycles. The number of rotatable bonds is 6. The van der Waals surface area contributed by atoms with Crippen molar-refractivity contribution >= 4 is 35.6 Å². The Labute approximate surface area is 175 Å². The highest BCUT2D eigenvalue weighted by molar-refractivity contribution is 14.0. The number of aliphatic imine (C=N–C) groups is 1. The molecule has 2 rings (SSSR count). The Hall–Kier alpha value is -1.23. The van der Waals surface area contributed by atoms with Gasteiger partial charge in [-0.15, -0.1) is 37.1 Å². The van der Waals surface area contributed by atoms with Gasteiger partial charge in [0.05, 0.1) is 0 Å². The standard InChI is InChI=1S/C18H27F3N4O.HI/c1-13-10-14(2)12-25(11-13)9-3-8-23-17(22)24-15-4-6-16(7-5-15)26-18(19,20)21;/h4-7,13-14H,3,8-12H2,1-2H3,(H3,22,23,24);1H. The van der Waals surface area contributed by atoms with Crippen LogP contribution in [0.2, 0.25) is 0 Å². The van der Waals surface area contributed by atoms with Crippen LogP contribution in [0.3, 0.4) is 0 Å². The molecule has 2 unspecified atom stereocenters. The molecule has 5 nitrogen and oxygen atoms in total. The first kappa shape index (κ1) is 23.8. The van der Waals surface area contributed by atoms with Crippen LogP contribution in [-0.2, 0) is 0 Å². The second-order valence-corrected chi connectivity index (χ2v) is 7.02. The minimum Gasteiger partial charge on any atom is -0.406 e. The maximum atomic E-state index is 12.1. The molecule has 1 fully saturated rings. The van der Waals surface area contributed by atoms with Gasteiger partial charge in [-0.05, 0) is 55.5 Å². The Kier molecular flexibility index (Phi) is 9.65. The number of nitrogens with one attached hydrogen (secondary N) is 1. The Morgan fingerprint density at radius 2 is 1.81 bits per heavy atom. The predicted molar refractivity (Wildman–Crippen MR) is 113 cm³/mol. The fourth-order valence-electron chi connectivity index (χ4n) is 3.40. The smallest absolute Gasteiger partial charge is 0.406 e. The van der Waals surface area contributed by atoms with Gasteiger partial charge in [-0.3, -0.25) is 4.99 Å². The van der Waals surface area contributed by atoms with E-state index in [0.29, 0.717) is 12.2 Å². The highest BCUT2D eigenvalue weighted by Gasteiger charge is 2.30. The summed E-state index contributed by atoms with van der Waals surface area (Å²) in [6, 6.07) is 5.36. The van der Waals surface area contributed by atoms with Crippen molar-refractivity contribution in [3.63, 3.8) is 0 Å². The molecule has 0 spiro atoms. The van der Waals surface area contributed by atoms with E-state index in [4.69, 9.17) is 5.73 Å². The van der Waals surface area contributed by atoms with Gasteiger partial charge in [-0.25, -0.2) is 0 Å². The quantitative estimate of drug-likeness (QED) is 0.265. The lowest BCUT2D eigenvalue weighted by molar-refractivity contribution is -0.274. The van der Waals surface area contributed by atoms with Crippen LogP contribution in [0, 0.1) is 11.8 Å². The number of guanidine groups is 1. The first-order valence-electron chi connectivity index (χ1n) is 8.86. The van der Waals surface area contributed by atoms with Crippen LogP contribution in [0.15, 0.2) is 29.3 Å². The van der Waals surface area contributed by atoms with E-state index in [1.165, 1.54) is 30.7 Å². The van der Waals surface area contributed by atoms with Crippen LogP contribution in [0.1, 0.15) is 26.7 Å². The molecule has 3 N–H and O–H groups in total. The molecule has 1 heterocycles. The van der Waals surface area contributed by atoms with E-state index in [2.05, 4.69) is 33.8 Å². The summed E-state index contributed by atoms with van der Waals surface area (Å²) in [6.45, 7) is 8.44. The molecule has 27 heavy (non-hydrogen) atoms. The summed E-state index contributed by atoms with van der Waals surface area (Å²) in [5.74, 6) is 1.44. The minimum absolute atomic E-state index is 0. The Balaban J connectivity index is 0.00000364. The lowest BCUT2D eigenvalue weighted by Crippen LogP contribution is -2.39. The van der Waals surface area contributed by atoms with Crippen molar-refractivity contribution in [3.8, 4) is 5.75 Å². The van der Waals surface area contributed by atoms with Crippen molar-refractivity contribution < 1.29 is 17.9 Å². The normalized spacial score (nSPS) is 21.4. The van der Waals surface area contributed by atoms with Crippen molar-refractivity contribution in [2.75, 3.05) is 31.5 Å². The summed E-state index contributed by atoms with van der Waals surface area (Å²) in [6.07, 6.45) is -2.49. The Morgan fingerprint density at radius 3 is 2.37 bits per heavy atom. The van der Waals surface area contributed by atoms with Gasteiger partial charge in [0.25, 0.3) is 0 Å². The topological polar surface area (TPSA) is 62.9 Å². The van der Waals surface area contributed by atoms with Gasteiger partial charge < -0.3 is 20.7 Å². The fourth-order valence-corrected chi connectivity index (χ4v) is 3.40. The van der Waals surface area contributed by atoms with E-state index < -0.39 is 6.36 Å². The van der Waals surface area contributed by atoms with Gasteiger partial charge in [-0.2, -0.15) is 0 Å². The summed E-state index contributed by atoms with van der Waals surface area (Å²) in [5, 5.41) is 2.86. The van der Waals surface area contributed by atoms with Gasteiger partial charge in [0.15, 0.2) is 5.96 Å². The molecule has 0 radical (unpaired) electrons. The molecule has 9 heteroatoms. The number of likely N-dealkylation sites (tertiary alicyclic amines) is 1. The van der Waals surface area contributed by atoms with Gasteiger partial charge in [0.1, 0.15) is 5.75 Å². The molecule has 154 valence electrons. The maximum absolute atomic E-state index is 12.1. The van der Waals surface area contributed by atoms with Crippen molar-refractivity contribution in [1.82, 2.24) is 4.90 Å². The van der Waals surface area contributed by atoms with Gasteiger partial charge in [0.2, 0.25) is 0 Å². The van der Waals surface area contributed by atoms with Crippen LogP contribution < -0.4 is 15.8 Å². The molecule has 2 atom stereocenters. The highest BCUT2D eigenvalue weighted by atomic mass is 127. The van der Waals surface area contributed by atoms with Crippen LogP contribution in [0.4, 0.5) is 18.9 Å². The number of anilines is 1. The van der Waals surface area contributed by atoms with Gasteiger partial charge in [0, 0.05) is 25.3 Å². The van der Waals surface area contributed by atoms with E-state index in [1.807, 2.05) is 0 Å². The number of nitrogens with two attached hydrogens (primary N) is 1. The van der Waals surface area contributed by atoms with Crippen molar-refractivity contribution in [2.24, 2.45) is 22.6 Å². The maximum Gasteiger partial charge on any atom is 0.573 e. The zero-order valence-electron chi connectivity index (χ0n) is 15.6. The predicted octanol–water partition coefficient (Wildman–Crippen LogP) is 4.30. The van der Waals surface area contributed by atoms with Gasteiger partial charge >= 0.3 is 6.36 Å². The number of hydrogen-bond donors (Lipinski definition) is 2. The second kappa shape index (κ2) is 10.9. The van der Waals surface area contributed by atoms with Gasteiger partial charge in [-0.1, -0.05) is 13.8 Å². The molecule has 1 aliphatic heterocycles. The molecule has 0 aromatic heterocycles. The van der Waals surface area contributed by atoms with Crippen LogP contribution in [-0.4, -0.2) is 43.4 Å². The van der Waals surface area contributed by atoms with E-state index in [-0.39, 0.29) is 35.7 Å². The van der Waals surface area contributed by atoms with Crippen LogP contribution in [0.25, 0.3) is 0 Å². The molecule has 0 saturated carbocycles. The van der Waals surface area contributed by atoms with E-state index in [0.717, 1.165) is 37.9 Å². The third-order valence-corrected chi connectivity index (χ3v) is 4.22. The lowest BCUT2D eigenvalue weighted by Gasteiger charge is -2.34. The summed E-state index contributed by atoms with van der Waals surface area (Å²) in [5.41, 5.74) is 6.38. The summed E-state index contributed by atoms with van der Waals surface area (Å²) >= 11 is 0. The van der Waals surface area contributed by atoms with E-state index in [1.54, 1.807) is 0 Å². The molecule has 1 aromatic carbocycles. The Bertz CT molecular complexity index is 585. The summed E-state index contributed by atoms with van der Waals surface area (Å²) in [4.78, 5) is 6.74.